The van der Waals surface area contributed by atoms with Crippen molar-refractivity contribution >= 4 is 11.7 Å². The van der Waals surface area contributed by atoms with E-state index in [-0.39, 0.29) is 35.7 Å². The van der Waals surface area contributed by atoms with Gasteiger partial charge in [0, 0.05) is 13.0 Å². The molecule has 2 aliphatic rings. The predicted octanol–water partition coefficient (Wildman–Crippen LogP) is 3.89. The van der Waals surface area contributed by atoms with Gasteiger partial charge in [-0.2, -0.15) is 5.16 Å². The van der Waals surface area contributed by atoms with Crippen LogP contribution in [-0.2, 0) is 29.5 Å². The molecule has 1 atom stereocenters. The van der Waals surface area contributed by atoms with Crippen molar-refractivity contribution < 1.29 is 23.2 Å². The fourth-order valence-electron chi connectivity index (χ4n) is 5.48. The van der Waals surface area contributed by atoms with Crippen LogP contribution in [-0.4, -0.2) is 35.4 Å². The van der Waals surface area contributed by atoms with E-state index < -0.39 is 17.5 Å². The second-order valence-electron chi connectivity index (χ2n) is 9.93. The molecule has 1 aliphatic heterocycles. The number of Topliss-reactive ketones (excluding diaryl/α,β-unsaturated/α-hetero) is 1. The maximum absolute atomic E-state index is 15.1. The number of hydrogen-bond acceptors (Lipinski definition) is 5. The predicted molar refractivity (Wildman–Crippen MR) is 126 cm³/mol. The Morgan fingerprint density at radius 3 is 2.69 bits per heavy atom. The summed E-state index contributed by atoms with van der Waals surface area (Å²) in [6.07, 6.45) is 2.12. The van der Waals surface area contributed by atoms with Crippen LogP contribution < -0.4 is 10.3 Å². The second kappa shape index (κ2) is 8.52. The third-order valence-corrected chi connectivity index (χ3v) is 7.18. The largest absolute Gasteiger partial charge is 0.497 e. The Morgan fingerprint density at radius 2 is 1.97 bits per heavy atom. The zero-order valence-corrected chi connectivity index (χ0v) is 19.9. The van der Waals surface area contributed by atoms with Crippen molar-refractivity contribution in [3.63, 3.8) is 0 Å². The van der Waals surface area contributed by atoms with Crippen LogP contribution in [0.5, 0.6) is 5.75 Å². The van der Waals surface area contributed by atoms with Crippen LogP contribution >= 0.6 is 0 Å². The Labute approximate surface area is 201 Å². The molecule has 0 saturated heterocycles. The normalized spacial score (nSPS) is 18.2. The highest BCUT2D eigenvalue weighted by Gasteiger charge is 2.38. The molecule has 2 aromatic carbocycles. The van der Waals surface area contributed by atoms with Crippen molar-refractivity contribution in [2.45, 2.75) is 51.0 Å². The molecule has 0 saturated carbocycles. The average Bonchev–Trinajstić information content (AvgIpc) is 3.39. The van der Waals surface area contributed by atoms with E-state index in [1.807, 2.05) is 26.0 Å². The summed E-state index contributed by atoms with van der Waals surface area (Å²) in [6.45, 7) is 4.32. The van der Waals surface area contributed by atoms with Crippen LogP contribution in [0.25, 0.3) is 0 Å². The molecule has 0 spiro atoms. The van der Waals surface area contributed by atoms with Crippen molar-refractivity contribution in [3.05, 3.63) is 86.1 Å². The number of ketones is 1. The molecular formula is C27H27FN2O5. The van der Waals surface area contributed by atoms with E-state index in [4.69, 9.17) is 9.26 Å². The number of carbonyl (C=O) groups is 2. The Kier molecular flexibility index (Phi) is 5.62. The van der Waals surface area contributed by atoms with Gasteiger partial charge in [-0.1, -0.05) is 26.0 Å². The van der Waals surface area contributed by atoms with Crippen molar-refractivity contribution in [1.82, 2.24) is 10.1 Å². The first-order valence-electron chi connectivity index (χ1n) is 11.7. The number of nitrogens with zero attached hydrogens (tertiary/aromatic N) is 1. The van der Waals surface area contributed by atoms with Crippen molar-refractivity contribution in [2.75, 3.05) is 13.7 Å². The van der Waals surface area contributed by atoms with E-state index in [1.54, 1.807) is 19.2 Å². The summed E-state index contributed by atoms with van der Waals surface area (Å²) in [5.74, 6) is -0.571. The SMILES string of the molecule is COc1ccc2c(c1)CCN(C(=O)c1cc(=O)[nH]o1)[C@H]2C(=O)Cc1cc(F)c2c(c1)CCC2(C)C. The van der Waals surface area contributed by atoms with Gasteiger partial charge < -0.3 is 14.2 Å². The molecule has 182 valence electrons. The van der Waals surface area contributed by atoms with Crippen LogP contribution in [0.2, 0.25) is 0 Å². The number of fused-ring (bicyclic) bond motifs is 2. The number of ether oxygens (including phenoxy) is 1. The molecule has 1 aromatic heterocycles. The molecule has 0 fully saturated rings. The minimum Gasteiger partial charge on any atom is -0.497 e. The first-order valence-corrected chi connectivity index (χ1v) is 11.7. The molecule has 0 unspecified atom stereocenters. The molecule has 1 amide bonds. The maximum atomic E-state index is 15.1. The molecular weight excluding hydrogens is 451 g/mol. The number of benzene rings is 2. The van der Waals surface area contributed by atoms with Crippen LogP contribution in [0.3, 0.4) is 0 Å². The van der Waals surface area contributed by atoms with E-state index in [0.717, 1.165) is 35.6 Å². The monoisotopic (exact) mass is 478 g/mol. The van der Waals surface area contributed by atoms with E-state index in [0.29, 0.717) is 23.3 Å². The topological polar surface area (TPSA) is 92.6 Å². The second-order valence-corrected chi connectivity index (χ2v) is 9.93. The summed E-state index contributed by atoms with van der Waals surface area (Å²) < 4.78 is 25.4. The minimum atomic E-state index is -0.898. The van der Waals surface area contributed by atoms with Crippen LogP contribution in [0, 0.1) is 5.82 Å². The molecule has 2 heterocycles. The number of aromatic amines is 1. The van der Waals surface area contributed by atoms with E-state index in [2.05, 4.69) is 5.16 Å². The summed E-state index contributed by atoms with van der Waals surface area (Å²) in [6, 6.07) is 8.94. The highest BCUT2D eigenvalue weighted by Crippen LogP contribution is 2.41. The van der Waals surface area contributed by atoms with E-state index >= 15 is 4.39 Å². The molecule has 0 radical (unpaired) electrons. The van der Waals surface area contributed by atoms with E-state index in [1.165, 1.54) is 11.0 Å². The Bertz CT molecular complexity index is 1390. The van der Waals surface area contributed by atoms with Gasteiger partial charge in [0.05, 0.1) is 13.2 Å². The lowest BCUT2D eigenvalue weighted by molar-refractivity contribution is -0.123. The zero-order chi connectivity index (χ0) is 24.9. The van der Waals surface area contributed by atoms with Gasteiger partial charge in [-0.3, -0.25) is 14.4 Å². The lowest BCUT2D eigenvalue weighted by Crippen LogP contribution is -2.44. The molecule has 5 rings (SSSR count). The number of hydrogen-bond donors (Lipinski definition) is 1. The van der Waals surface area contributed by atoms with Gasteiger partial charge in [0.15, 0.2) is 5.78 Å². The Hall–Kier alpha value is -3.68. The van der Waals surface area contributed by atoms with Gasteiger partial charge in [0.25, 0.3) is 11.5 Å². The van der Waals surface area contributed by atoms with E-state index in [9.17, 15) is 14.4 Å². The highest BCUT2D eigenvalue weighted by molar-refractivity contribution is 5.97. The molecule has 35 heavy (non-hydrogen) atoms. The third-order valence-electron chi connectivity index (χ3n) is 7.18. The molecule has 0 bridgehead atoms. The summed E-state index contributed by atoms with van der Waals surface area (Å²) >= 11 is 0. The molecule has 8 heteroatoms. The van der Waals surface area contributed by atoms with Gasteiger partial charge in [0.1, 0.15) is 17.6 Å². The summed E-state index contributed by atoms with van der Waals surface area (Å²) in [5, 5.41) is 2.12. The van der Waals surface area contributed by atoms with Gasteiger partial charge >= 0.3 is 0 Å². The summed E-state index contributed by atoms with van der Waals surface area (Å²) in [7, 11) is 1.57. The highest BCUT2D eigenvalue weighted by atomic mass is 19.1. The van der Waals surface area contributed by atoms with Crippen LogP contribution in [0.4, 0.5) is 4.39 Å². The third kappa shape index (κ3) is 4.07. The smallest absolute Gasteiger partial charge is 0.293 e. The van der Waals surface area contributed by atoms with Crippen LogP contribution in [0.15, 0.2) is 45.7 Å². The van der Waals surface area contributed by atoms with Gasteiger partial charge in [0.2, 0.25) is 5.76 Å². The first-order chi connectivity index (χ1) is 16.7. The first kappa shape index (κ1) is 23.1. The number of aryl methyl sites for hydroxylation is 1. The number of halogens is 1. The summed E-state index contributed by atoms with van der Waals surface area (Å²) in [5.41, 5.74) is 3.09. The number of methoxy groups -OCH3 is 1. The summed E-state index contributed by atoms with van der Waals surface area (Å²) in [4.78, 5) is 39.9. The fraction of sp³-hybridized carbons (Fsp3) is 0.370. The number of carbonyl (C=O) groups excluding carboxylic acids is 2. The minimum absolute atomic E-state index is 0.0262. The molecule has 1 aliphatic carbocycles. The van der Waals surface area contributed by atoms with Gasteiger partial charge in [-0.05, 0) is 70.7 Å². The Balaban J connectivity index is 1.51. The lowest BCUT2D eigenvalue weighted by Gasteiger charge is -2.36. The number of nitrogens with one attached hydrogen (secondary N) is 1. The number of aromatic nitrogens is 1. The van der Waals surface area contributed by atoms with Crippen LogP contribution in [0.1, 0.15) is 64.7 Å². The van der Waals surface area contributed by atoms with Crippen molar-refractivity contribution in [2.24, 2.45) is 0 Å². The molecule has 3 aromatic rings. The van der Waals surface area contributed by atoms with Crippen molar-refractivity contribution in [3.8, 4) is 5.75 Å². The molecule has 1 N–H and O–H groups in total. The number of H-pyrrole nitrogens is 1. The standard InChI is InChI=1S/C27H27FN2O5/c1-27(2)8-6-17-10-15(11-20(28)24(17)27)12-21(31)25-19-5-4-18(34-3)13-16(19)7-9-30(25)26(33)22-14-23(32)29-35-22/h4-5,10-11,13-14,25H,6-9,12H2,1-3H3,(H,29,32)/t25-/m1/s1. The van der Waals surface area contributed by atoms with Gasteiger partial charge in [-0.15, -0.1) is 0 Å². The van der Waals surface area contributed by atoms with Gasteiger partial charge in [-0.25, -0.2) is 4.39 Å². The maximum Gasteiger partial charge on any atom is 0.293 e. The number of amides is 1. The lowest BCUT2D eigenvalue weighted by atomic mass is 9.84. The van der Waals surface area contributed by atoms with Crippen molar-refractivity contribution in [1.29, 1.82) is 0 Å². The average molecular weight is 479 g/mol. The quantitative estimate of drug-likeness (QED) is 0.601. The Morgan fingerprint density at radius 1 is 1.17 bits per heavy atom. The number of rotatable bonds is 5. The molecule has 7 nitrogen and oxygen atoms in total. The zero-order valence-electron chi connectivity index (χ0n) is 19.9. The fourth-order valence-corrected chi connectivity index (χ4v) is 5.48.